The summed E-state index contributed by atoms with van der Waals surface area (Å²) in [6.07, 6.45) is 3.15. The molecule has 1 rings (SSSR count). The summed E-state index contributed by atoms with van der Waals surface area (Å²) in [7, 11) is 0. The molecule has 1 N–H and O–H groups in total. The molecule has 0 saturated heterocycles. The summed E-state index contributed by atoms with van der Waals surface area (Å²) in [4.78, 5) is 4.31. The largest absolute Gasteiger partial charge is 0.447 e. The Morgan fingerprint density at radius 3 is 2.56 bits per heavy atom. The molecular formula is C14H26N2O2. The highest BCUT2D eigenvalue weighted by Gasteiger charge is 2.13. The van der Waals surface area contributed by atoms with Crippen molar-refractivity contribution in [1.82, 2.24) is 10.3 Å². The molecule has 104 valence electrons. The Bertz CT molecular complexity index is 353. The van der Waals surface area contributed by atoms with Crippen LogP contribution in [-0.2, 0) is 6.54 Å². The predicted octanol–water partition coefficient (Wildman–Crippen LogP) is 3.38. The van der Waals surface area contributed by atoms with E-state index < -0.39 is 0 Å². The Morgan fingerprint density at radius 2 is 2.00 bits per heavy atom. The van der Waals surface area contributed by atoms with Crippen molar-refractivity contribution >= 4 is 0 Å². The Labute approximate surface area is 110 Å². The Hall–Kier alpha value is -1.03. The van der Waals surface area contributed by atoms with Crippen LogP contribution in [0.2, 0.25) is 0 Å². The summed E-state index contributed by atoms with van der Waals surface area (Å²) in [5.74, 6) is 0.608. The van der Waals surface area contributed by atoms with Crippen molar-refractivity contribution in [2.24, 2.45) is 5.92 Å². The van der Waals surface area contributed by atoms with Gasteiger partial charge in [0.15, 0.2) is 0 Å². The van der Waals surface area contributed by atoms with Crippen LogP contribution in [0.1, 0.15) is 53.7 Å². The van der Waals surface area contributed by atoms with Crippen LogP contribution in [0.5, 0.6) is 6.08 Å². The van der Waals surface area contributed by atoms with Crippen LogP contribution >= 0.6 is 0 Å². The molecule has 0 aromatic carbocycles. The fourth-order valence-electron chi connectivity index (χ4n) is 1.66. The molecule has 18 heavy (non-hydrogen) atoms. The Morgan fingerprint density at radius 1 is 1.33 bits per heavy atom. The number of hydrogen-bond acceptors (Lipinski definition) is 4. The molecule has 0 fully saturated rings. The van der Waals surface area contributed by atoms with E-state index in [0.717, 1.165) is 12.1 Å². The van der Waals surface area contributed by atoms with Gasteiger partial charge in [0.2, 0.25) is 0 Å². The summed E-state index contributed by atoms with van der Waals surface area (Å²) in [6, 6.07) is 0. The van der Waals surface area contributed by atoms with Gasteiger partial charge < -0.3 is 14.5 Å². The zero-order chi connectivity index (χ0) is 13.8. The molecule has 1 aromatic heterocycles. The highest BCUT2D eigenvalue weighted by Crippen LogP contribution is 2.15. The van der Waals surface area contributed by atoms with Gasteiger partial charge in [-0.2, -0.15) is 4.98 Å². The maximum Gasteiger partial charge on any atom is 0.393 e. The second kappa shape index (κ2) is 6.23. The molecule has 1 atom stereocenters. The highest BCUT2D eigenvalue weighted by atomic mass is 16.6. The molecule has 1 aromatic rings. The quantitative estimate of drug-likeness (QED) is 0.845. The lowest BCUT2D eigenvalue weighted by molar-refractivity contribution is 0.142. The van der Waals surface area contributed by atoms with E-state index in [-0.39, 0.29) is 11.6 Å². The zero-order valence-electron chi connectivity index (χ0n) is 12.4. The number of aromatic nitrogens is 1. The van der Waals surface area contributed by atoms with Crippen molar-refractivity contribution in [3.8, 4) is 6.08 Å². The van der Waals surface area contributed by atoms with E-state index in [4.69, 9.17) is 9.15 Å². The third-order valence-electron chi connectivity index (χ3n) is 2.44. The first-order valence-corrected chi connectivity index (χ1v) is 6.62. The monoisotopic (exact) mass is 254 g/mol. The van der Waals surface area contributed by atoms with Crippen LogP contribution in [0.4, 0.5) is 0 Å². The van der Waals surface area contributed by atoms with Gasteiger partial charge in [-0.05, 0) is 40.0 Å². The molecule has 4 nitrogen and oxygen atoms in total. The molecule has 0 amide bonds. The van der Waals surface area contributed by atoms with E-state index in [9.17, 15) is 0 Å². The molecule has 4 heteroatoms. The molecule has 0 aliphatic carbocycles. The van der Waals surface area contributed by atoms with Gasteiger partial charge in [0.1, 0.15) is 12.4 Å². The molecule has 1 unspecified atom stereocenters. The smallest absolute Gasteiger partial charge is 0.393 e. The zero-order valence-corrected chi connectivity index (χ0v) is 12.4. The Balaban J connectivity index is 2.43. The van der Waals surface area contributed by atoms with Gasteiger partial charge in [0, 0.05) is 12.1 Å². The average Bonchev–Trinajstić information content (AvgIpc) is 2.60. The standard InChI is InChI=1S/C14H26N2O2/c1-10(2)7-11(3)18-13-16-12(9-17-13)8-15-14(4,5)6/h9-11,15H,7-8H2,1-6H3. The molecular weight excluding hydrogens is 228 g/mol. The van der Waals surface area contributed by atoms with Crippen molar-refractivity contribution in [2.75, 3.05) is 0 Å². The maximum atomic E-state index is 5.63. The minimum Gasteiger partial charge on any atom is -0.447 e. The van der Waals surface area contributed by atoms with Crippen molar-refractivity contribution in [3.05, 3.63) is 12.0 Å². The Kier molecular flexibility index (Phi) is 5.20. The lowest BCUT2D eigenvalue weighted by atomic mass is 10.1. The molecule has 1 heterocycles. The van der Waals surface area contributed by atoms with E-state index in [1.54, 1.807) is 6.26 Å². The first-order chi connectivity index (χ1) is 8.26. The van der Waals surface area contributed by atoms with E-state index in [1.165, 1.54) is 0 Å². The highest BCUT2D eigenvalue weighted by molar-refractivity contribution is 5.00. The van der Waals surface area contributed by atoms with Crippen LogP contribution < -0.4 is 10.1 Å². The van der Waals surface area contributed by atoms with Gasteiger partial charge in [0.25, 0.3) is 0 Å². The average molecular weight is 254 g/mol. The molecule has 0 bridgehead atoms. The number of nitrogens with one attached hydrogen (secondary N) is 1. The van der Waals surface area contributed by atoms with E-state index in [1.807, 2.05) is 6.92 Å². The van der Waals surface area contributed by atoms with Crippen LogP contribution in [-0.4, -0.2) is 16.6 Å². The summed E-state index contributed by atoms with van der Waals surface area (Å²) < 4.78 is 10.9. The van der Waals surface area contributed by atoms with Crippen LogP contribution in [0, 0.1) is 5.92 Å². The van der Waals surface area contributed by atoms with Crippen molar-refractivity contribution in [1.29, 1.82) is 0 Å². The van der Waals surface area contributed by atoms with E-state index >= 15 is 0 Å². The molecule has 0 spiro atoms. The molecule has 0 aliphatic rings. The van der Waals surface area contributed by atoms with E-state index in [0.29, 0.717) is 18.5 Å². The first-order valence-electron chi connectivity index (χ1n) is 6.62. The number of hydrogen-bond donors (Lipinski definition) is 1. The second-order valence-electron chi connectivity index (χ2n) is 6.27. The number of ether oxygens (including phenoxy) is 1. The van der Waals surface area contributed by atoms with Gasteiger partial charge in [-0.25, -0.2) is 0 Å². The summed E-state index contributed by atoms with van der Waals surface area (Å²) >= 11 is 0. The summed E-state index contributed by atoms with van der Waals surface area (Å²) in [6.45, 7) is 13.4. The minimum absolute atomic E-state index is 0.0743. The summed E-state index contributed by atoms with van der Waals surface area (Å²) in [5.41, 5.74) is 0.946. The predicted molar refractivity (Wildman–Crippen MR) is 72.6 cm³/mol. The lowest BCUT2D eigenvalue weighted by Crippen LogP contribution is -2.35. The number of nitrogens with zero attached hydrogens (tertiary/aromatic N) is 1. The van der Waals surface area contributed by atoms with Gasteiger partial charge >= 0.3 is 6.08 Å². The minimum atomic E-state index is 0.0743. The fraction of sp³-hybridized carbons (Fsp3) is 0.786. The lowest BCUT2D eigenvalue weighted by Gasteiger charge is -2.19. The molecule has 0 aliphatic heterocycles. The van der Waals surface area contributed by atoms with Gasteiger partial charge in [0.05, 0.1) is 5.69 Å². The van der Waals surface area contributed by atoms with Gasteiger partial charge in [-0.1, -0.05) is 13.8 Å². The third kappa shape index (κ3) is 6.05. The second-order valence-corrected chi connectivity index (χ2v) is 6.27. The summed E-state index contributed by atoms with van der Waals surface area (Å²) in [5, 5.41) is 3.36. The number of rotatable bonds is 6. The van der Waals surface area contributed by atoms with Crippen LogP contribution in [0.3, 0.4) is 0 Å². The third-order valence-corrected chi connectivity index (χ3v) is 2.44. The van der Waals surface area contributed by atoms with E-state index in [2.05, 4.69) is 44.9 Å². The van der Waals surface area contributed by atoms with Gasteiger partial charge in [-0.15, -0.1) is 0 Å². The normalized spacial score (nSPS) is 13.9. The van der Waals surface area contributed by atoms with Crippen LogP contribution in [0.15, 0.2) is 10.7 Å². The van der Waals surface area contributed by atoms with Crippen molar-refractivity contribution in [3.63, 3.8) is 0 Å². The molecule has 0 radical (unpaired) electrons. The fourth-order valence-corrected chi connectivity index (χ4v) is 1.66. The topological polar surface area (TPSA) is 47.3 Å². The maximum absolute atomic E-state index is 5.63. The van der Waals surface area contributed by atoms with Crippen molar-refractivity contribution < 1.29 is 9.15 Å². The number of oxazole rings is 1. The van der Waals surface area contributed by atoms with Crippen molar-refractivity contribution in [2.45, 2.75) is 66.2 Å². The first kappa shape index (κ1) is 15.0. The molecule has 0 saturated carbocycles. The SMILES string of the molecule is CC(C)CC(C)Oc1nc(CNC(C)(C)C)co1. The van der Waals surface area contributed by atoms with Gasteiger partial charge in [-0.3, -0.25) is 0 Å². The van der Waals surface area contributed by atoms with Crippen LogP contribution in [0.25, 0.3) is 0 Å².